The van der Waals surface area contributed by atoms with Gasteiger partial charge in [-0.1, -0.05) is 26.5 Å². The summed E-state index contributed by atoms with van der Waals surface area (Å²) in [5, 5.41) is 7.12. The summed E-state index contributed by atoms with van der Waals surface area (Å²) >= 11 is 0. The number of nitrogens with zero attached hydrogens (tertiary/aromatic N) is 3. The van der Waals surface area contributed by atoms with Crippen LogP contribution < -0.4 is 4.90 Å². The molecule has 1 aliphatic heterocycles. The van der Waals surface area contributed by atoms with Crippen molar-refractivity contribution in [2.75, 3.05) is 24.5 Å². The number of fused-ring (bicyclic) bond motifs is 1. The van der Waals surface area contributed by atoms with Crippen molar-refractivity contribution in [1.82, 2.24) is 9.88 Å². The first-order valence-electron chi connectivity index (χ1n) is 7.96. The Morgan fingerprint density at radius 1 is 1.38 bits per heavy atom. The van der Waals surface area contributed by atoms with Gasteiger partial charge in [-0.05, 0) is 18.1 Å². The predicted molar refractivity (Wildman–Crippen MR) is 90.6 cm³/mol. The van der Waals surface area contributed by atoms with Gasteiger partial charge < -0.3 is 14.9 Å². The number of rotatable bonds is 3. The lowest BCUT2D eigenvalue weighted by molar-refractivity contribution is -0.192. The number of carbonyl (C=O) groups excluding carboxylic acids is 1. The number of hydrogen-bond acceptors (Lipinski definition) is 4. The molecular formula is C17H22F3N3O3. The largest absolute Gasteiger partial charge is 0.490 e. The van der Waals surface area contributed by atoms with Gasteiger partial charge in [0, 0.05) is 37.9 Å². The summed E-state index contributed by atoms with van der Waals surface area (Å²) < 4.78 is 31.7. The van der Waals surface area contributed by atoms with Gasteiger partial charge in [0.15, 0.2) is 0 Å². The molecule has 1 amide bonds. The van der Waals surface area contributed by atoms with Crippen LogP contribution in [0.3, 0.4) is 0 Å². The number of halogens is 3. The Kier molecular flexibility index (Phi) is 7.60. The van der Waals surface area contributed by atoms with Crippen LogP contribution in [-0.2, 0) is 16.1 Å². The minimum absolute atomic E-state index is 0.0128. The summed E-state index contributed by atoms with van der Waals surface area (Å²) in [6.45, 7) is 11.1. The van der Waals surface area contributed by atoms with E-state index >= 15 is 0 Å². The van der Waals surface area contributed by atoms with E-state index < -0.39 is 12.1 Å². The van der Waals surface area contributed by atoms with Crippen molar-refractivity contribution in [2.24, 2.45) is 5.92 Å². The van der Waals surface area contributed by atoms with E-state index in [0.29, 0.717) is 19.0 Å². The maximum atomic E-state index is 11.8. The average molecular weight is 373 g/mol. The quantitative estimate of drug-likeness (QED) is 0.825. The first-order valence-corrected chi connectivity index (χ1v) is 7.96. The van der Waals surface area contributed by atoms with Crippen LogP contribution in [0.1, 0.15) is 19.4 Å². The Morgan fingerprint density at radius 3 is 2.50 bits per heavy atom. The third kappa shape index (κ3) is 6.38. The summed E-state index contributed by atoms with van der Waals surface area (Å²) in [6.07, 6.45) is -1.88. The maximum Gasteiger partial charge on any atom is 0.490 e. The summed E-state index contributed by atoms with van der Waals surface area (Å²) in [5.41, 5.74) is 1.11. The Hall–Kier alpha value is -2.58. The lowest BCUT2D eigenvalue weighted by Gasteiger charge is -2.25. The first kappa shape index (κ1) is 21.5. The van der Waals surface area contributed by atoms with Crippen molar-refractivity contribution >= 4 is 17.7 Å². The van der Waals surface area contributed by atoms with E-state index in [0.717, 1.165) is 24.5 Å². The summed E-state index contributed by atoms with van der Waals surface area (Å²) in [5.74, 6) is -1.19. The minimum atomic E-state index is -5.08. The number of carboxylic acids is 1. The van der Waals surface area contributed by atoms with Gasteiger partial charge in [-0.3, -0.25) is 4.79 Å². The SMILES string of the molecule is C=CC(=O)N1CCN(CC(C)C)c2ncccc2C1.O=C(O)C(F)(F)F. The molecule has 0 fully saturated rings. The van der Waals surface area contributed by atoms with Crippen LogP contribution >= 0.6 is 0 Å². The zero-order chi connectivity index (χ0) is 19.9. The highest BCUT2D eigenvalue weighted by Crippen LogP contribution is 2.23. The second-order valence-corrected chi connectivity index (χ2v) is 6.09. The molecule has 2 rings (SSSR count). The van der Waals surface area contributed by atoms with Crippen molar-refractivity contribution in [3.8, 4) is 0 Å². The first-order chi connectivity index (χ1) is 12.1. The molecule has 0 aliphatic carbocycles. The molecule has 2 heterocycles. The van der Waals surface area contributed by atoms with Crippen LogP contribution in [0.15, 0.2) is 31.0 Å². The Morgan fingerprint density at radius 2 is 2.00 bits per heavy atom. The lowest BCUT2D eigenvalue weighted by Crippen LogP contribution is -2.36. The van der Waals surface area contributed by atoms with Crippen molar-refractivity contribution < 1.29 is 27.9 Å². The monoisotopic (exact) mass is 373 g/mol. The Balaban J connectivity index is 0.000000412. The molecule has 0 saturated heterocycles. The molecule has 0 radical (unpaired) electrons. The zero-order valence-electron chi connectivity index (χ0n) is 14.7. The van der Waals surface area contributed by atoms with Crippen LogP contribution in [-0.4, -0.2) is 52.7 Å². The Bertz CT molecular complexity index is 648. The van der Waals surface area contributed by atoms with Crippen LogP contribution in [0.2, 0.25) is 0 Å². The van der Waals surface area contributed by atoms with Crippen LogP contribution in [0, 0.1) is 5.92 Å². The molecule has 1 aliphatic rings. The summed E-state index contributed by atoms with van der Waals surface area (Å²) in [7, 11) is 0. The van der Waals surface area contributed by atoms with Crippen LogP contribution in [0.4, 0.5) is 19.0 Å². The van der Waals surface area contributed by atoms with Crippen molar-refractivity contribution in [1.29, 1.82) is 0 Å². The van der Waals surface area contributed by atoms with E-state index in [1.165, 1.54) is 6.08 Å². The number of carboxylic acid groups (broad SMARTS) is 1. The zero-order valence-corrected chi connectivity index (χ0v) is 14.7. The van der Waals surface area contributed by atoms with Gasteiger partial charge in [0.2, 0.25) is 5.91 Å². The topological polar surface area (TPSA) is 73.7 Å². The molecular weight excluding hydrogens is 351 g/mol. The number of alkyl halides is 3. The molecule has 0 atom stereocenters. The molecule has 0 spiro atoms. The fourth-order valence-electron chi connectivity index (χ4n) is 2.41. The van der Waals surface area contributed by atoms with Gasteiger partial charge in [-0.15, -0.1) is 0 Å². The highest BCUT2D eigenvalue weighted by Gasteiger charge is 2.38. The van der Waals surface area contributed by atoms with Crippen molar-refractivity contribution in [3.05, 3.63) is 36.5 Å². The average Bonchev–Trinajstić information content (AvgIpc) is 2.73. The van der Waals surface area contributed by atoms with Gasteiger partial charge in [-0.2, -0.15) is 13.2 Å². The lowest BCUT2D eigenvalue weighted by atomic mass is 10.2. The van der Waals surface area contributed by atoms with E-state index in [1.807, 2.05) is 23.2 Å². The third-order valence-corrected chi connectivity index (χ3v) is 3.48. The molecule has 6 nitrogen and oxygen atoms in total. The minimum Gasteiger partial charge on any atom is -0.475 e. The van der Waals surface area contributed by atoms with Gasteiger partial charge in [0.25, 0.3) is 0 Å². The number of hydrogen-bond donors (Lipinski definition) is 1. The molecule has 0 saturated carbocycles. The highest BCUT2D eigenvalue weighted by molar-refractivity contribution is 5.87. The van der Waals surface area contributed by atoms with Crippen molar-refractivity contribution in [3.63, 3.8) is 0 Å². The second kappa shape index (κ2) is 9.21. The molecule has 1 aromatic rings. The molecule has 9 heteroatoms. The number of carbonyl (C=O) groups is 2. The molecule has 0 unspecified atom stereocenters. The molecule has 0 aromatic carbocycles. The second-order valence-electron chi connectivity index (χ2n) is 6.09. The third-order valence-electron chi connectivity index (χ3n) is 3.48. The number of anilines is 1. The van der Waals surface area contributed by atoms with Gasteiger partial charge in [0.1, 0.15) is 5.82 Å². The van der Waals surface area contributed by atoms with Gasteiger partial charge in [0.05, 0.1) is 0 Å². The van der Waals surface area contributed by atoms with E-state index in [-0.39, 0.29) is 5.91 Å². The number of pyridine rings is 1. The molecule has 144 valence electrons. The van der Waals surface area contributed by atoms with Crippen LogP contribution in [0.5, 0.6) is 0 Å². The number of aliphatic carboxylic acids is 1. The summed E-state index contributed by atoms with van der Waals surface area (Å²) in [6, 6.07) is 3.97. The predicted octanol–water partition coefficient (Wildman–Crippen LogP) is 2.71. The molecule has 1 aromatic heterocycles. The van der Waals surface area contributed by atoms with E-state index in [4.69, 9.17) is 9.90 Å². The Labute approximate surface area is 149 Å². The van der Waals surface area contributed by atoms with Gasteiger partial charge in [-0.25, -0.2) is 9.78 Å². The fraction of sp³-hybridized carbons (Fsp3) is 0.471. The van der Waals surface area contributed by atoms with Crippen LogP contribution in [0.25, 0.3) is 0 Å². The standard InChI is InChI=1S/C15H21N3O.C2HF3O2/c1-4-14(19)17-8-9-18(10-12(2)3)15-13(11-17)6-5-7-16-15;3-2(4,5)1(6)7/h4-7,12H,1,8-11H2,2-3H3;(H,6,7). The fourth-order valence-corrected chi connectivity index (χ4v) is 2.41. The molecule has 0 bridgehead atoms. The normalized spacial score (nSPS) is 14.1. The van der Waals surface area contributed by atoms with E-state index in [1.54, 1.807) is 0 Å². The van der Waals surface area contributed by atoms with E-state index in [9.17, 15) is 18.0 Å². The number of amides is 1. The van der Waals surface area contributed by atoms with E-state index in [2.05, 4.69) is 30.3 Å². The molecule has 1 N–H and O–H groups in total. The maximum absolute atomic E-state index is 11.8. The number of aromatic nitrogens is 1. The smallest absolute Gasteiger partial charge is 0.475 e. The van der Waals surface area contributed by atoms with Gasteiger partial charge >= 0.3 is 12.1 Å². The highest BCUT2D eigenvalue weighted by atomic mass is 19.4. The summed E-state index contributed by atoms with van der Waals surface area (Å²) in [4.78, 5) is 29.3. The molecule has 26 heavy (non-hydrogen) atoms. The van der Waals surface area contributed by atoms with Crippen molar-refractivity contribution in [2.45, 2.75) is 26.6 Å².